The first-order valence-electron chi connectivity index (χ1n) is 10.7. The number of rotatable bonds is 5. The number of halogens is 2. The highest BCUT2D eigenvalue weighted by molar-refractivity contribution is 7.89. The summed E-state index contributed by atoms with van der Waals surface area (Å²) >= 11 is 12.3. The van der Waals surface area contributed by atoms with Gasteiger partial charge in [0.05, 0.1) is 11.4 Å². The summed E-state index contributed by atoms with van der Waals surface area (Å²) in [5.41, 5.74) is 0.847. The van der Waals surface area contributed by atoms with E-state index in [-0.39, 0.29) is 22.9 Å². The average Bonchev–Trinajstić information content (AvgIpc) is 3.24. The highest BCUT2D eigenvalue weighted by Crippen LogP contribution is 2.29. The monoisotopic (exact) mass is 518 g/mol. The number of aromatic amines is 1. The Balaban J connectivity index is 1.47. The van der Waals surface area contributed by atoms with Crippen LogP contribution in [-0.4, -0.2) is 50.8 Å². The van der Waals surface area contributed by atoms with Gasteiger partial charge in [-0.2, -0.15) is 4.31 Å². The lowest BCUT2D eigenvalue weighted by Crippen LogP contribution is -2.39. The molecule has 1 fully saturated rings. The van der Waals surface area contributed by atoms with Crippen LogP contribution in [0.15, 0.2) is 58.2 Å². The van der Waals surface area contributed by atoms with Gasteiger partial charge in [0.2, 0.25) is 10.0 Å². The lowest BCUT2D eigenvalue weighted by atomic mass is 9.99. The zero-order valence-corrected chi connectivity index (χ0v) is 20.2. The van der Waals surface area contributed by atoms with Crippen LogP contribution in [0.2, 0.25) is 10.0 Å². The summed E-state index contributed by atoms with van der Waals surface area (Å²) in [4.78, 5) is 20.3. The molecule has 1 unspecified atom stereocenters. The summed E-state index contributed by atoms with van der Waals surface area (Å²) in [7, 11) is -3.74. The Bertz CT molecular complexity index is 1540. The molecule has 0 saturated carbocycles. The van der Waals surface area contributed by atoms with Crippen LogP contribution in [0.4, 0.5) is 0 Å². The highest BCUT2D eigenvalue weighted by Gasteiger charge is 2.32. The molecule has 2 aromatic carbocycles. The number of H-pyrrole nitrogens is 1. The van der Waals surface area contributed by atoms with Gasteiger partial charge in [-0.05, 0) is 42.7 Å². The molecule has 1 aliphatic heterocycles. The van der Waals surface area contributed by atoms with Crippen molar-refractivity contribution in [3.05, 3.63) is 80.3 Å². The maximum atomic E-state index is 13.2. The van der Waals surface area contributed by atoms with Gasteiger partial charge in [0.15, 0.2) is 11.2 Å². The molecule has 12 heteroatoms. The zero-order valence-electron chi connectivity index (χ0n) is 17.9. The molecule has 1 saturated heterocycles. The fraction of sp³-hybridized carbons (Fsp3) is 0.273. The lowest BCUT2D eigenvalue weighted by molar-refractivity contribution is 0.309. The first-order valence-corrected chi connectivity index (χ1v) is 12.8. The van der Waals surface area contributed by atoms with Crippen LogP contribution < -0.4 is 5.56 Å². The molecule has 0 amide bonds. The van der Waals surface area contributed by atoms with Crippen LogP contribution in [0, 0.1) is 0 Å². The normalized spacial score (nSPS) is 17.3. The van der Waals surface area contributed by atoms with E-state index in [4.69, 9.17) is 23.2 Å². The second-order valence-corrected chi connectivity index (χ2v) is 10.9. The van der Waals surface area contributed by atoms with Crippen molar-refractivity contribution in [2.45, 2.75) is 30.2 Å². The van der Waals surface area contributed by atoms with Crippen LogP contribution in [0.3, 0.4) is 0 Å². The first-order chi connectivity index (χ1) is 16.3. The number of nitrogens with one attached hydrogen (secondary N) is 1. The second kappa shape index (κ2) is 9.10. The van der Waals surface area contributed by atoms with E-state index >= 15 is 0 Å². The van der Waals surface area contributed by atoms with Gasteiger partial charge in [0, 0.05) is 29.1 Å². The number of sulfonamides is 1. The SMILES string of the molecule is O=c1[nH]c(C2CCCN(S(=O)(=O)c3cccc(Cl)c3)C2)nc2c1nnn2Cc1ccccc1Cl. The van der Waals surface area contributed by atoms with Gasteiger partial charge in [-0.25, -0.2) is 18.1 Å². The molecule has 4 aromatic rings. The number of fused-ring (bicyclic) bond motifs is 1. The van der Waals surface area contributed by atoms with Crippen molar-refractivity contribution < 1.29 is 8.42 Å². The fourth-order valence-corrected chi connectivity index (χ4v) is 6.15. The minimum absolute atomic E-state index is 0.120. The maximum Gasteiger partial charge on any atom is 0.281 e. The van der Waals surface area contributed by atoms with E-state index in [1.807, 2.05) is 18.2 Å². The lowest BCUT2D eigenvalue weighted by Gasteiger charge is -2.31. The van der Waals surface area contributed by atoms with Crippen molar-refractivity contribution in [3.8, 4) is 0 Å². The van der Waals surface area contributed by atoms with E-state index in [1.165, 1.54) is 21.1 Å². The van der Waals surface area contributed by atoms with Gasteiger partial charge in [-0.15, -0.1) is 5.10 Å². The summed E-state index contributed by atoms with van der Waals surface area (Å²) in [5, 5.41) is 8.99. The predicted molar refractivity (Wildman–Crippen MR) is 129 cm³/mol. The summed E-state index contributed by atoms with van der Waals surface area (Å²) in [6.07, 6.45) is 1.31. The Kier molecular flexibility index (Phi) is 6.15. The van der Waals surface area contributed by atoms with Crippen LogP contribution in [0.5, 0.6) is 0 Å². The number of aromatic nitrogens is 5. The number of nitrogens with zero attached hydrogens (tertiary/aromatic N) is 5. The molecule has 0 bridgehead atoms. The van der Waals surface area contributed by atoms with Crippen molar-refractivity contribution in [1.82, 2.24) is 29.3 Å². The summed E-state index contributed by atoms with van der Waals surface area (Å²) in [6.45, 7) is 0.866. The largest absolute Gasteiger partial charge is 0.308 e. The van der Waals surface area contributed by atoms with Crippen LogP contribution in [-0.2, 0) is 16.6 Å². The molecule has 34 heavy (non-hydrogen) atoms. The molecule has 0 spiro atoms. The van der Waals surface area contributed by atoms with E-state index in [9.17, 15) is 13.2 Å². The summed E-state index contributed by atoms with van der Waals surface area (Å²) in [6, 6.07) is 13.5. The Morgan fingerprint density at radius 1 is 1.12 bits per heavy atom. The second-order valence-electron chi connectivity index (χ2n) is 8.12. The Morgan fingerprint density at radius 2 is 1.94 bits per heavy atom. The van der Waals surface area contributed by atoms with Crippen molar-refractivity contribution >= 4 is 44.4 Å². The molecule has 1 atom stereocenters. The van der Waals surface area contributed by atoms with Gasteiger partial charge < -0.3 is 4.98 Å². The molecule has 0 radical (unpaired) electrons. The van der Waals surface area contributed by atoms with Gasteiger partial charge in [-0.3, -0.25) is 4.79 Å². The molecule has 1 aliphatic rings. The van der Waals surface area contributed by atoms with Crippen LogP contribution >= 0.6 is 23.2 Å². The van der Waals surface area contributed by atoms with E-state index in [2.05, 4.69) is 20.3 Å². The van der Waals surface area contributed by atoms with E-state index in [0.29, 0.717) is 47.4 Å². The molecule has 9 nitrogen and oxygen atoms in total. The minimum atomic E-state index is -3.74. The number of benzene rings is 2. The molecule has 176 valence electrons. The fourth-order valence-electron chi connectivity index (χ4n) is 4.13. The molecule has 3 heterocycles. The number of hydrogen-bond acceptors (Lipinski definition) is 6. The van der Waals surface area contributed by atoms with Crippen molar-refractivity contribution in [1.29, 1.82) is 0 Å². The number of hydrogen-bond donors (Lipinski definition) is 1. The summed E-state index contributed by atoms with van der Waals surface area (Å²) < 4.78 is 29.3. The zero-order chi connectivity index (χ0) is 23.9. The molecule has 2 aromatic heterocycles. The van der Waals surface area contributed by atoms with E-state index in [1.54, 1.807) is 18.2 Å². The van der Waals surface area contributed by atoms with E-state index in [0.717, 1.165) is 5.56 Å². The highest BCUT2D eigenvalue weighted by atomic mass is 35.5. The Morgan fingerprint density at radius 3 is 2.74 bits per heavy atom. The van der Waals surface area contributed by atoms with Crippen molar-refractivity contribution in [2.75, 3.05) is 13.1 Å². The van der Waals surface area contributed by atoms with E-state index < -0.39 is 15.6 Å². The Labute approximate surface area is 205 Å². The average molecular weight is 519 g/mol. The topological polar surface area (TPSA) is 114 Å². The third-order valence-electron chi connectivity index (χ3n) is 5.87. The molecular weight excluding hydrogens is 499 g/mol. The Hall–Kier alpha value is -2.79. The summed E-state index contributed by atoms with van der Waals surface area (Å²) in [5.74, 6) is 0.120. The van der Waals surface area contributed by atoms with Gasteiger partial charge in [0.25, 0.3) is 5.56 Å². The molecular formula is C22H20Cl2N6O3S. The standard InChI is InChI=1S/C22H20Cl2N6O3S/c23-16-7-3-8-17(11-16)34(32,33)29-10-4-6-15(12-29)20-25-21-19(22(31)26-20)27-28-30(21)13-14-5-1-2-9-18(14)24/h1-3,5,7-9,11,15H,4,6,10,12-13H2,(H,25,26,31). The molecule has 0 aliphatic carbocycles. The third kappa shape index (κ3) is 4.34. The van der Waals surface area contributed by atoms with Crippen molar-refractivity contribution in [2.24, 2.45) is 0 Å². The first kappa shape index (κ1) is 23.0. The maximum absolute atomic E-state index is 13.2. The smallest absolute Gasteiger partial charge is 0.281 e. The van der Waals surface area contributed by atoms with Crippen LogP contribution in [0.1, 0.15) is 30.1 Å². The van der Waals surface area contributed by atoms with Gasteiger partial charge in [0.1, 0.15) is 5.82 Å². The van der Waals surface area contributed by atoms with Crippen molar-refractivity contribution in [3.63, 3.8) is 0 Å². The predicted octanol–water partition coefficient (Wildman–Crippen LogP) is 3.44. The van der Waals surface area contributed by atoms with Gasteiger partial charge >= 0.3 is 0 Å². The van der Waals surface area contributed by atoms with Gasteiger partial charge in [-0.1, -0.05) is 52.7 Å². The minimum Gasteiger partial charge on any atom is -0.308 e. The quantitative estimate of drug-likeness (QED) is 0.432. The third-order valence-corrected chi connectivity index (χ3v) is 8.34. The molecule has 5 rings (SSSR count). The van der Waals surface area contributed by atoms with Crippen LogP contribution in [0.25, 0.3) is 11.2 Å². The number of piperidine rings is 1. The molecule has 1 N–H and O–H groups in total.